The number of hydrogen-bond acceptors (Lipinski definition) is 5. The van der Waals surface area contributed by atoms with Gasteiger partial charge in [-0.05, 0) is 12.1 Å². The lowest BCUT2D eigenvalue weighted by Gasteiger charge is -2.15. The number of nitro groups is 1. The van der Waals surface area contributed by atoms with E-state index in [4.69, 9.17) is 9.84 Å². The molecule has 0 aromatic heterocycles. The van der Waals surface area contributed by atoms with Gasteiger partial charge in [-0.15, -0.1) is 0 Å². The summed E-state index contributed by atoms with van der Waals surface area (Å²) in [6.45, 7) is -0.367. The van der Waals surface area contributed by atoms with Crippen molar-refractivity contribution in [2.75, 3.05) is 20.3 Å². The molecule has 1 aromatic rings. The van der Waals surface area contributed by atoms with Gasteiger partial charge in [0.05, 0.1) is 24.2 Å². The number of nitrogens with zero attached hydrogens (tertiary/aromatic N) is 1. The lowest BCUT2D eigenvalue weighted by atomic mass is 10.1. The molecule has 19 heavy (non-hydrogen) atoms. The maximum Gasteiger partial charge on any atom is 0.282 e. The number of carbonyl (C=O) groups excluding carboxylic acids is 1. The predicted octanol–water partition coefficient (Wildman–Crippen LogP) is 0.471. The van der Waals surface area contributed by atoms with Crippen LogP contribution in [-0.2, 0) is 4.74 Å². The third-order valence-electron chi connectivity index (χ3n) is 2.32. The molecule has 0 bridgehead atoms. The van der Waals surface area contributed by atoms with Gasteiger partial charge in [0, 0.05) is 13.2 Å². The highest BCUT2D eigenvalue weighted by molar-refractivity contribution is 5.98. The second-order valence-corrected chi connectivity index (χ2v) is 3.73. The van der Waals surface area contributed by atoms with Crippen molar-refractivity contribution in [1.29, 1.82) is 0 Å². The van der Waals surface area contributed by atoms with Gasteiger partial charge in [0.2, 0.25) is 0 Å². The highest BCUT2D eigenvalue weighted by Crippen LogP contribution is 2.19. The SMILES string of the molecule is COCC(CO)NC(=O)c1cc(F)ccc1[N+](=O)[O-]. The van der Waals surface area contributed by atoms with Gasteiger partial charge in [-0.2, -0.15) is 0 Å². The summed E-state index contributed by atoms with van der Waals surface area (Å²) in [5.74, 6) is -1.61. The van der Waals surface area contributed by atoms with E-state index < -0.39 is 40.5 Å². The number of amides is 1. The average molecular weight is 272 g/mol. The Labute approximate surface area is 108 Å². The van der Waals surface area contributed by atoms with Crippen molar-refractivity contribution in [2.45, 2.75) is 6.04 Å². The average Bonchev–Trinajstić information content (AvgIpc) is 2.37. The lowest BCUT2D eigenvalue weighted by molar-refractivity contribution is -0.385. The number of carbonyl (C=O) groups is 1. The molecule has 1 atom stereocenters. The molecule has 104 valence electrons. The molecule has 1 rings (SSSR count). The molecule has 0 saturated carbocycles. The maximum atomic E-state index is 13.1. The number of methoxy groups -OCH3 is 1. The summed E-state index contributed by atoms with van der Waals surface area (Å²) >= 11 is 0. The van der Waals surface area contributed by atoms with E-state index in [-0.39, 0.29) is 6.61 Å². The highest BCUT2D eigenvalue weighted by Gasteiger charge is 2.22. The van der Waals surface area contributed by atoms with Crippen molar-refractivity contribution >= 4 is 11.6 Å². The van der Waals surface area contributed by atoms with Crippen molar-refractivity contribution in [1.82, 2.24) is 5.32 Å². The summed E-state index contributed by atoms with van der Waals surface area (Å²) in [4.78, 5) is 21.8. The molecule has 8 heteroatoms. The summed E-state index contributed by atoms with van der Waals surface area (Å²) in [6, 6.07) is 1.86. The zero-order chi connectivity index (χ0) is 14.4. The number of nitro benzene ring substituents is 1. The first kappa shape index (κ1) is 15.0. The fraction of sp³-hybridized carbons (Fsp3) is 0.364. The van der Waals surface area contributed by atoms with Crippen LogP contribution >= 0.6 is 0 Å². The van der Waals surface area contributed by atoms with E-state index in [2.05, 4.69) is 5.32 Å². The summed E-state index contributed by atoms with van der Waals surface area (Å²) in [7, 11) is 1.37. The van der Waals surface area contributed by atoms with Crippen molar-refractivity contribution in [3.8, 4) is 0 Å². The van der Waals surface area contributed by atoms with Gasteiger partial charge < -0.3 is 15.2 Å². The first-order valence-electron chi connectivity index (χ1n) is 5.34. The Hall–Kier alpha value is -2.06. The molecular weight excluding hydrogens is 259 g/mol. The van der Waals surface area contributed by atoms with Crippen molar-refractivity contribution in [3.63, 3.8) is 0 Å². The third-order valence-corrected chi connectivity index (χ3v) is 2.32. The predicted molar refractivity (Wildman–Crippen MR) is 63.3 cm³/mol. The molecule has 2 N–H and O–H groups in total. The van der Waals surface area contributed by atoms with Crippen molar-refractivity contribution in [2.24, 2.45) is 0 Å². The Morgan fingerprint density at radius 3 is 2.84 bits per heavy atom. The fourth-order valence-electron chi connectivity index (χ4n) is 1.45. The Balaban J connectivity index is 2.98. The van der Waals surface area contributed by atoms with Gasteiger partial charge >= 0.3 is 0 Å². The van der Waals surface area contributed by atoms with Crippen molar-refractivity contribution < 1.29 is 24.0 Å². The highest BCUT2D eigenvalue weighted by atomic mass is 19.1. The number of aliphatic hydroxyl groups excluding tert-OH is 1. The summed E-state index contributed by atoms with van der Waals surface area (Å²) in [5.41, 5.74) is -0.910. The van der Waals surface area contributed by atoms with Crippen LogP contribution in [-0.4, -0.2) is 42.3 Å². The second-order valence-electron chi connectivity index (χ2n) is 3.73. The largest absolute Gasteiger partial charge is 0.394 e. The van der Waals surface area contributed by atoms with E-state index in [9.17, 15) is 19.3 Å². The third kappa shape index (κ3) is 3.97. The van der Waals surface area contributed by atoms with Crippen LogP contribution in [0.15, 0.2) is 18.2 Å². The fourth-order valence-corrected chi connectivity index (χ4v) is 1.45. The first-order valence-corrected chi connectivity index (χ1v) is 5.34. The van der Waals surface area contributed by atoms with E-state index in [0.717, 1.165) is 18.2 Å². The van der Waals surface area contributed by atoms with E-state index in [1.807, 2.05) is 0 Å². The number of benzene rings is 1. The molecule has 0 heterocycles. The standard InChI is InChI=1S/C11H13FN2O5/c1-19-6-8(5-15)13-11(16)9-4-7(12)2-3-10(9)14(17)18/h2-4,8,15H,5-6H2,1H3,(H,13,16). The zero-order valence-corrected chi connectivity index (χ0v) is 10.1. The van der Waals surface area contributed by atoms with Crippen LogP contribution in [0.4, 0.5) is 10.1 Å². The molecule has 0 saturated heterocycles. The molecule has 7 nitrogen and oxygen atoms in total. The number of aliphatic hydroxyl groups is 1. The van der Waals surface area contributed by atoms with E-state index in [1.165, 1.54) is 7.11 Å². The summed E-state index contributed by atoms with van der Waals surface area (Å²) in [6.07, 6.45) is 0. The molecule has 1 unspecified atom stereocenters. The molecule has 1 aromatic carbocycles. The molecule has 0 spiro atoms. The van der Waals surface area contributed by atoms with Gasteiger partial charge in [0.25, 0.3) is 11.6 Å². The van der Waals surface area contributed by atoms with Gasteiger partial charge in [-0.3, -0.25) is 14.9 Å². The van der Waals surface area contributed by atoms with Gasteiger partial charge in [-0.25, -0.2) is 4.39 Å². The van der Waals surface area contributed by atoms with Gasteiger partial charge in [0.15, 0.2) is 0 Å². The van der Waals surface area contributed by atoms with Crippen molar-refractivity contribution in [3.05, 3.63) is 39.7 Å². The second kappa shape index (κ2) is 6.76. The molecule has 1 amide bonds. The number of hydrogen-bond donors (Lipinski definition) is 2. The van der Waals surface area contributed by atoms with Gasteiger partial charge in [-0.1, -0.05) is 0 Å². The van der Waals surface area contributed by atoms with Crippen LogP contribution in [0.5, 0.6) is 0 Å². The van der Waals surface area contributed by atoms with Crippen LogP contribution < -0.4 is 5.32 Å². The Kier molecular flexibility index (Phi) is 5.34. The maximum absolute atomic E-state index is 13.1. The summed E-state index contributed by atoms with van der Waals surface area (Å²) in [5, 5.41) is 22.1. The van der Waals surface area contributed by atoms with Gasteiger partial charge in [0.1, 0.15) is 11.4 Å². The summed E-state index contributed by atoms with van der Waals surface area (Å²) < 4.78 is 17.8. The molecule has 0 fully saturated rings. The molecule has 0 aliphatic rings. The molecule has 0 aliphatic heterocycles. The van der Waals surface area contributed by atoms with Crippen LogP contribution in [0.2, 0.25) is 0 Å². The smallest absolute Gasteiger partial charge is 0.282 e. The lowest BCUT2D eigenvalue weighted by Crippen LogP contribution is -2.40. The Morgan fingerprint density at radius 1 is 1.63 bits per heavy atom. The normalized spacial score (nSPS) is 11.9. The first-order chi connectivity index (χ1) is 8.99. The Morgan fingerprint density at radius 2 is 2.32 bits per heavy atom. The monoisotopic (exact) mass is 272 g/mol. The molecule has 0 aliphatic carbocycles. The number of ether oxygens (including phenoxy) is 1. The number of nitrogens with one attached hydrogen (secondary N) is 1. The zero-order valence-electron chi connectivity index (χ0n) is 10.1. The van der Waals surface area contributed by atoms with Crippen LogP contribution in [0.25, 0.3) is 0 Å². The topological polar surface area (TPSA) is 102 Å². The molecule has 0 radical (unpaired) electrons. The van der Waals surface area contributed by atoms with Crippen LogP contribution in [0.1, 0.15) is 10.4 Å². The van der Waals surface area contributed by atoms with E-state index >= 15 is 0 Å². The minimum absolute atomic E-state index is 0.0331. The molecular formula is C11H13FN2O5. The quantitative estimate of drug-likeness (QED) is 0.579. The minimum atomic E-state index is -0.845. The number of rotatable bonds is 6. The van der Waals surface area contributed by atoms with Crippen LogP contribution in [0.3, 0.4) is 0 Å². The number of halogens is 1. The van der Waals surface area contributed by atoms with E-state index in [0.29, 0.717) is 0 Å². The van der Waals surface area contributed by atoms with E-state index in [1.54, 1.807) is 0 Å². The minimum Gasteiger partial charge on any atom is -0.394 e. The van der Waals surface area contributed by atoms with Crippen LogP contribution in [0, 0.1) is 15.9 Å². The Bertz CT molecular complexity index is 480.